The first-order chi connectivity index (χ1) is 3.46. The zero-order chi connectivity index (χ0) is 7.15. The average Bonchev–Trinajstić information content (AvgIpc) is 1.25. The fourth-order valence-corrected chi connectivity index (χ4v) is 0. The predicted molar refractivity (Wildman–Crippen MR) is 38.4 cm³/mol. The fraction of sp³-hybridized carbons (Fsp3) is 0. The largest absolute Gasteiger partial charge is 3.00 e. The van der Waals surface area contributed by atoms with Crippen molar-refractivity contribution < 1.29 is 28.7 Å². The molecule has 4 N–H and O–H groups in total. The Kier molecular flexibility index (Phi) is 36.4. The predicted octanol–water partition coefficient (Wildman–Crippen LogP) is -2.04. The molecular weight excluding hydrogens is 180 g/mol. The molecule has 0 fully saturated rings. The first kappa shape index (κ1) is 22.4. The molecule has 0 saturated carbocycles. The molecule has 0 amide bonds. The molecule has 0 aliphatic rings. The van der Waals surface area contributed by atoms with Crippen molar-refractivity contribution in [3.05, 3.63) is 0 Å². The second-order valence-electron chi connectivity index (χ2n) is 0.565. The molecule has 0 heterocycles. The van der Waals surface area contributed by atoms with Gasteiger partial charge in [0.2, 0.25) is 0 Å². The minimum absolute atomic E-state index is 0. The summed E-state index contributed by atoms with van der Waals surface area (Å²) in [5.74, 6) is 0. The SMILES string of the molecule is O=[PH](O)O.O=[PH](O)O.[B+3].[B+3]. The first-order valence-corrected chi connectivity index (χ1v) is 3.91. The van der Waals surface area contributed by atoms with Crippen molar-refractivity contribution in [1.82, 2.24) is 0 Å². The van der Waals surface area contributed by atoms with E-state index in [1.54, 1.807) is 0 Å². The van der Waals surface area contributed by atoms with E-state index in [0.29, 0.717) is 0 Å². The van der Waals surface area contributed by atoms with Gasteiger partial charge in [0.15, 0.2) is 0 Å². The zero-order valence-corrected chi connectivity index (χ0v) is 6.76. The Morgan fingerprint density at radius 1 is 0.700 bits per heavy atom. The minimum Gasteiger partial charge on any atom is -0.326 e. The van der Waals surface area contributed by atoms with Crippen molar-refractivity contribution in [3.63, 3.8) is 0 Å². The molecule has 6 nitrogen and oxygen atoms in total. The van der Waals surface area contributed by atoms with Gasteiger partial charge in [0.05, 0.1) is 0 Å². The average molecular weight is 186 g/mol. The Morgan fingerprint density at radius 3 is 0.700 bits per heavy atom. The monoisotopic (exact) mass is 186 g/mol. The first-order valence-electron chi connectivity index (χ1n) is 1.30. The third-order valence-electron chi connectivity index (χ3n) is 0. The molecule has 0 radical (unpaired) electrons. The quantitative estimate of drug-likeness (QED) is 0.255. The Bertz CT molecular complexity index is 71.7. The van der Waals surface area contributed by atoms with Crippen molar-refractivity contribution in [2.75, 3.05) is 0 Å². The molecule has 0 aromatic heterocycles. The number of hydrogen-bond donors (Lipinski definition) is 4. The summed E-state index contributed by atoms with van der Waals surface area (Å²) in [5.41, 5.74) is 0. The Morgan fingerprint density at radius 2 is 0.700 bits per heavy atom. The summed E-state index contributed by atoms with van der Waals surface area (Å²) >= 11 is 0. The fourth-order valence-electron chi connectivity index (χ4n) is 0. The van der Waals surface area contributed by atoms with E-state index in [2.05, 4.69) is 0 Å². The van der Waals surface area contributed by atoms with E-state index in [4.69, 9.17) is 28.7 Å². The Balaban J connectivity index is -0.0000000300. The second-order valence-corrected chi connectivity index (χ2v) is 1.70. The van der Waals surface area contributed by atoms with Crippen molar-refractivity contribution in [2.45, 2.75) is 0 Å². The van der Waals surface area contributed by atoms with Crippen molar-refractivity contribution in [1.29, 1.82) is 0 Å². The summed E-state index contributed by atoms with van der Waals surface area (Å²) in [6, 6.07) is 0. The van der Waals surface area contributed by atoms with Gasteiger partial charge >= 0.3 is 33.3 Å². The molecule has 0 aromatic rings. The van der Waals surface area contributed by atoms with Crippen molar-refractivity contribution >= 4 is 33.3 Å². The zero-order valence-electron chi connectivity index (χ0n) is 4.76. The van der Waals surface area contributed by atoms with E-state index in [1.807, 2.05) is 0 Å². The Hall–Kier alpha value is 0.430. The molecule has 0 unspecified atom stereocenters. The second kappa shape index (κ2) is 16.2. The summed E-state index contributed by atoms with van der Waals surface area (Å²) in [5, 5.41) is 0. The van der Waals surface area contributed by atoms with Gasteiger partial charge in [-0.05, 0) is 0 Å². The van der Waals surface area contributed by atoms with Gasteiger partial charge in [-0.15, -0.1) is 0 Å². The van der Waals surface area contributed by atoms with Gasteiger partial charge in [0.25, 0.3) is 0 Å². The topological polar surface area (TPSA) is 115 Å². The van der Waals surface area contributed by atoms with E-state index >= 15 is 0 Å². The van der Waals surface area contributed by atoms with Crippen LogP contribution in [0.4, 0.5) is 0 Å². The molecule has 0 saturated heterocycles. The van der Waals surface area contributed by atoms with E-state index in [-0.39, 0.29) is 16.8 Å². The van der Waals surface area contributed by atoms with Gasteiger partial charge in [-0.3, -0.25) is 9.13 Å². The van der Waals surface area contributed by atoms with Crippen LogP contribution in [0.25, 0.3) is 0 Å². The maximum absolute atomic E-state index is 8.74. The van der Waals surface area contributed by atoms with Crippen LogP contribution in [-0.2, 0) is 9.13 Å². The van der Waals surface area contributed by atoms with Crippen LogP contribution in [0.5, 0.6) is 0 Å². The van der Waals surface area contributed by atoms with Crippen LogP contribution in [0.2, 0.25) is 0 Å². The molecule has 0 rings (SSSR count). The molecule has 52 valence electrons. The van der Waals surface area contributed by atoms with Gasteiger partial charge in [-0.25, -0.2) is 0 Å². The van der Waals surface area contributed by atoms with Gasteiger partial charge in [0, 0.05) is 0 Å². The van der Waals surface area contributed by atoms with Crippen LogP contribution in [0, 0.1) is 0 Å². The standard InChI is InChI=1S/2B.2H3O3P/c;;2*1-4(2)3/h;;2*4H,(H2,1,2,3)/q2*+3;;. The maximum Gasteiger partial charge on any atom is 3.00 e. The van der Waals surface area contributed by atoms with Crippen LogP contribution < -0.4 is 0 Å². The molecule has 0 aliphatic heterocycles. The number of hydrogen-bond acceptors (Lipinski definition) is 2. The van der Waals surface area contributed by atoms with Gasteiger partial charge in [-0.1, -0.05) is 0 Å². The molecule has 0 aromatic carbocycles. The van der Waals surface area contributed by atoms with Crippen LogP contribution >= 0.6 is 16.5 Å². The molecule has 0 spiro atoms. The molecule has 10 heteroatoms. The molecule has 10 heavy (non-hydrogen) atoms. The molecule has 0 atom stereocenters. The molecular formula is H6B2O6P2+6. The van der Waals surface area contributed by atoms with Gasteiger partial charge in [0.1, 0.15) is 0 Å². The third kappa shape index (κ3) is 2520. The summed E-state index contributed by atoms with van der Waals surface area (Å²) in [6.07, 6.45) is 0. The summed E-state index contributed by atoms with van der Waals surface area (Å²) in [4.78, 5) is 28.6. The summed E-state index contributed by atoms with van der Waals surface area (Å²) in [6.45, 7) is 0. The van der Waals surface area contributed by atoms with Gasteiger partial charge in [-0.2, -0.15) is 0 Å². The van der Waals surface area contributed by atoms with E-state index in [9.17, 15) is 0 Å². The molecule has 0 aliphatic carbocycles. The van der Waals surface area contributed by atoms with Crippen molar-refractivity contribution in [3.8, 4) is 0 Å². The summed E-state index contributed by atoms with van der Waals surface area (Å²) in [7, 11) is -6.26. The van der Waals surface area contributed by atoms with E-state index in [1.165, 1.54) is 0 Å². The van der Waals surface area contributed by atoms with Crippen LogP contribution in [0.3, 0.4) is 0 Å². The summed E-state index contributed by atoms with van der Waals surface area (Å²) < 4.78 is 17.5. The number of rotatable bonds is 0. The van der Waals surface area contributed by atoms with Crippen LogP contribution in [0.1, 0.15) is 0 Å². The van der Waals surface area contributed by atoms with Crippen molar-refractivity contribution in [2.24, 2.45) is 0 Å². The van der Waals surface area contributed by atoms with Crippen LogP contribution in [0.15, 0.2) is 0 Å². The smallest absolute Gasteiger partial charge is 0.326 e. The van der Waals surface area contributed by atoms with E-state index < -0.39 is 16.5 Å². The maximum atomic E-state index is 8.74. The Labute approximate surface area is 63.0 Å². The molecule has 0 bridgehead atoms. The van der Waals surface area contributed by atoms with E-state index in [0.717, 1.165) is 0 Å². The van der Waals surface area contributed by atoms with Gasteiger partial charge < -0.3 is 19.6 Å². The normalized spacial score (nSPS) is 7.00. The third-order valence-corrected chi connectivity index (χ3v) is 0. The van der Waals surface area contributed by atoms with Crippen LogP contribution in [-0.4, -0.2) is 36.4 Å². The minimum atomic E-state index is -3.13.